The quantitative estimate of drug-likeness (QED) is 0.526. The molecule has 2 amide bonds. The Bertz CT molecular complexity index is 377. The van der Waals surface area contributed by atoms with Crippen molar-refractivity contribution in [1.29, 1.82) is 0 Å². The molecule has 0 unspecified atom stereocenters. The lowest BCUT2D eigenvalue weighted by molar-refractivity contribution is -0.121. The molecule has 19 heavy (non-hydrogen) atoms. The minimum absolute atomic E-state index is 0.0350. The van der Waals surface area contributed by atoms with Gasteiger partial charge in [0.15, 0.2) is 5.76 Å². The third-order valence-corrected chi connectivity index (χ3v) is 2.19. The van der Waals surface area contributed by atoms with E-state index in [2.05, 4.69) is 10.6 Å². The van der Waals surface area contributed by atoms with E-state index in [9.17, 15) is 9.59 Å². The number of aliphatic hydroxyl groups is 1. The van der Waals surface area contributed by atoms with Gasteiger partial charge in [0.05, 0.1) is 26.1 Å². The van der Waals surface area contributed by atoms with E-state index in [-0.39, 0.29) is 43.8 Å². The van der Waals surface area contributed by atoms with E-state index in [0.717, 1.165) is 0 Å². The van der Waals surface area contributed by atoms with E-state index in [4.69, 9.17) is 14.3 Å². The number of hydrogen-bond acceptors (Lipinski definition) is 5. The molecular weight excluding hydrogens is 252 g/mol. The molecule has 0 aliphatic rings. The van der Waals surface area contributed by atoms with Crippen molar-refractivity contribution >= 4 is 11.8 Å². The van der Waals surface area contributed by atoms with Crippen molar-refractivity contribution in [2.24, 2.45) is 0 Å². The van der Waals surface area contributed by atoms with Crippen molar-refractivity contribution in [1.82, 2.24) is 10.6 Å². The predicted octanol–water partition coefficient (Wildman–Crippen LogP) is -0.475. The second-order valence-corrected chi connectivity index (χ2v) is 3.67. The van der Waals surface area contributed by atoms with Crippen LogP contribution in [0.4, 0.5) is 0 Å². The highest BCUT2D eigenvalue weighted by Crippen LogP contribution is 1.98. The molecule has 1 aromatic rings. The van der Waals surface area contributed by atoms with Crippen LogP contribution in [-0.4, -0.2) is 49.8 Å². The number of ether oxygens (including phenoxy) is 1. The largest absolute Gasteiger partial charge is 0.459 e. The maximum Gasteiger partial charge on any atom is 0.286 e. The average Bonchev–Trinajstić information content (AvgIpc) is 2.92. The van der Waals surface area contributed by atoms with Crippen LogP contribution in [0.3, 0.4) is 0 Å². The van der Waals surface area contributed by atoms with Crippen LogP contribution in [0.15, 0.2) is 22.8 Å². The van der Waals surface area contributed by atoms with Gasteiger partial charge in [-0.3, -0.25) is 9.59 Å². The molecule has 0 saturated heterocycles. The maximum atomic E-state index is 11.4. The van der Waals surface area contributed by atoms with Crippen LogP contribution in [0.1, 0.15) is 17.0 Å². The summed E-state index contributed by atoms with van der Waals surface area (Å²) in [5.41, 5.74) is 0. The topological polar surface area (TPSA) is 101 Å². The van der Waals surface area contributed by atoms with Crippen LogP contribution in [0.2, 0.25) is 0 Å². The van der Waals surface area contributed by atoms with E-state index in [1.807, 2.05) is 0 Å². The third kappa shape index (κ3) is 6.58. The Morgan fingerprint density at radius 3 is 2.79 bits per heavy atom. The Balaban J connectivity index is 2.02. The fourth-order valence-electron chi connectivity index (χ4n) is 1.30. The number of aliphatic hydroxyl groups excluding tert-OH is 1. The van der Waals surface area contributed by atoms with Crippen LogP contribution in [0, 0.1) is 0 Å². The number of nitrogens with one attached hydrogen (secondary N) is 2. The Labute approximate surface area is 110 Å². The molecule has 1 rings (SSSR count). The first-order chi connectivity index (χ1) is 9.24. The standard InChI is InChI=1S/C12H18N2O5/c15-6-9-18-8-5-13-11(16)3-4-14-12(17)10-2-1-7-19-10/h1-2,7,15H,3-6,8-9H2,(H,13,16)(H,14,17). The molecule has 1 aromatic heterocycles. The van der Waals surface area contributed by atoms with Gasteiger partial charge in [-0.15, -0.1) is 0 Å². The van der Waals surface area contributed by atoms with Crippen LogP contribution in [-0.2, 0) is 9.53 Å². The lowest BCUT2D eigenvalue weighted by atomic mass is 10.3. The van der Waals surface area contributed by atoms with Crippen molar-refractivity contribution in [3.8, 4) is 0 Å². The molecule has 106 valence electrons. The van der Waals surface area contributed by atoms with Crippen LogP contribution < -0.4 is 10.6 Å². The molecule has 1 heterocycles. The number of rotatable bonds is 9. The van der Waals surface area contributed by atoms with E-state index < -0.39 is 0 Å². The molecule has 0 spiro atoms. The highest BCUT2D eigenvalue weighted by molar-refractivity contribution is 5.91. The summed E-state index contributed by atoms with van der Waals surface area (Å²) in [5.74, 6) is -0.297. The molecule has 0 atom stereocenters. The smallest absolute Gasteiger partial charge is 0.286 e. The van der Waals surface area contributed by atoms with Crippen LogP contribution in [0.25, 0.3) is 0 Å². The minimum Gasteiger partial charge on any atom is -0.459 e. The molecule has 7 heteroatoms. The summed E-state index contributed by atoms with van der Waals surface area (Å²) in [6.07, 6.45) is 1.60. The van der Waals surface area contributed by atoms with Gasteiger partial charge < -0.3 is 24.9 Å². The van der Waals surface area contributed by atoms with Gasteiger partial charge in [-0.1, -0.05) is 0 Å². The van der Waals surface area contributed by atoms with Crippen LogP contribution >= 0.6 is 0 Å². The van der Waals surface area contributed by atoms with Crippen molar-refractivity contribution in [2.45, 2.75) is 6.42 Å². The third-order valence-electron chi connectivity index (χ3n) is 2.19. The zero-order valence-corrected chi connectivity index (χ0v) is 10.6. The molecule has 0 saturated carbocycles. The molecule has 0 fully saturated rings. The number of hydrogen-bond donors (Lipinski definition) is 3. The molecule has 3 N–H and O–H groups in total. The predicted molar refractivity (Wildman–Crippen MR) is 66.6 cm³/mol. The number of carbonyl (C=O) groups is 2. The highest BCUT2D eigenvalue weighted by atomic mass is 16.5. The summed E-state index contributed by atoms with van der Waals surface area (Å²) < 4.78 is 9.88. The second-order valence-electron chi connectivity index (χ2n) is 3.67. The minimum atomic E-state index is -0.343. The Hall–Kier alpha value is -1.86. The fourth-order valence-corrected chi connectivity index (χ4v) is 1.30. The summed E-state index contributed by atoms with van der Waals surface area (Å²) in [6, 6.07) is 3.17. The first-order valence-corrected chi connectivity index (χ1v) is 6.01. The summed E-state index contributed by atoms with van der Waals surface area (Å²) in [4.78, 5) is 22.8. The molecule has 0 bridgehead atoms. The molecule has 7 nitrogen and oxygen atoms in total. The first-order valence-electron chi connectivity index (χ1n) is 6.01. The van der Waals surface area contributed by atoms with E-state index in [0.29, 0.717) is 13.2 Å². The normalized spacial score (nSPS) is 10.2. The first kappa shape index (κ1) is 15.2. The molecular formula is C12H18N2O5. The Morgan fingerprint density at radius 2 is 2.11 bits per heavy atom. The summed E-state index contributed by atoms with van der Waals surface area (Å²) in [5, 5.41) is 13.7. The fraction of sp³-hybridized carbons (Fsp3) is 0.500. The zero-order chi connectivity index (χ0) is 13.9. The van der Waals surface area contributed by atoms with E-state index >= 15 is 0 Å². The number of carbonyl (C=O) groups excluding carboxylic acids is 2. The SMILES string of the molecule is O=C(CCNC(=O)c1ccco1)NCCOCCO. The highest BCUT2D eigenvalue weighted by Gasteiger charge is 2.08. The van der Waals surface area contributed by atoms with Gasteiger partial charge in [0.25, 0.3) is 5.91 Å². The van der Waals surface area contributed by atoms with Crippen molar-refractivity contribution in [3.63, 3.8) is 0 Å². The molecule has 0 radical (unpaired) electrons. The van der Waals surface area contributed by atoms with Gasteiger partial charge in [-0.25, -0.2) is 0 Å². The number of amides is 2. The lowest BCUT2D eigenvalue weighted by Crippen LogP contribution is -2.32. The summed E-state index contributed by atoms with van der Waals surface area (Å²) in [7, 11) is 0. The van der Waals surface area contributed by atoms with Gasteiger partial charge in [-0.2, -0.15) is 0 Å². The Kier molecular flexibility index (Phi) is 7.30. The number of furan rings is 1. The van der Waals surface area contributed by atoms with Crippen LogP contribution in [0.5, 0.6) is 0 Å². The lowest BCUT2D eigenvalue weighted by Gasteiger charge is -2.06. The monoisotopic (exact) mass is 270 g/mol. The zero-order valence-electron chi connectivity index (χ0n) is 10.6. The Morgan fingerprint density at radius 1 is 1.26 bits per heavy atom. The summed E-state index contributed by atoms with van der Waals surface area (Å²) in [6.45, 7) is 1.20. The molecule has 0 aromatic carbocycles. The molecule has 0 aliphatic carbocycles. The molecule has 0 aliphatic heterocycles. The van der Waals surface area contributed by atoms with Gasteiger partial charge in [-0.05, 0) is 12.1 Å². The van der Waals surface area contributed by atoms with Gasteiger partial charge in [0, 0.05) is 19.5 Å². The maximum absolute atomic E-state index is 11.4. The van der Waals surface area contributed by atoms with Gasteiger partial charge >= 0.3 is 0 Å². The van der Waals surface area contributed by atoms with E-state index in [1.165, 1.54) is 6.26 Å². The van der Waals surface area contributed by atoms with Crippen molar-refractivity contribution in [3.05, 3.63) is 24.2 Å². The van der Waals surface area contributed by atoms with Gasteiger partial charge in [0.2, 0.25) is 5.91 Å². The summed E-state index contributed by atoms with van der Waals surface area (Å²) >= 11 is 0. The van der Waals surface area contributed by atoms with Crippen molar-refractivity contribution in [2.75, 3.05) is 32.9 Å². The van der Waals surface area contributed by atoms with Gasteiger partial charge in [0.1, 0.15) is 0 Å². The average molecular weight is 270 g/mol. The second kappa shape index (κ2) is 9.12. The van der Waals surface area contributed by atoms with E-state index in [1.54, 1.807) is 12.1 Å². The van der Waals surface area contributed by atoms with Crippen molar-refractivity contribution < 1.29 is 23.8 Å².